The highest BCUT2D eigenvalue weighted by molar-refractivity contribution is 5.78. The first-order valence-corrected chi connectivity index (χ1v) is 6.19. The lowest BCUT2D eigenvalue weighted by molar-refractivity contribution is -0.120. The second-order valence-electron chi connectivity index (χ2n) is 4.25. The maximum absolute atomic E-state index is 11.7. The number of aromatic amines is 1. The molecule has 0 unspecified atom stereocenters. The van der Waals surface area contributed by atoms with E-state index in [4.69, 9.17) is 5.73 Å². The first-order valence-electron chi connectivity index (χ1n) is 6.19. The van der Waals surface area contributed by atoms with Crippen LogP contribution in [0.2, 0.25) is 0 Å². The molecule has 100 valence electrons. The minimum Gasteiger partial charge on any atom is -0.397 e. The van der Waals surface area contributed by atoms with Gasteiger partial charge >= 0.3 is 0 Å². The third-order valence-corrected chi connectivity index (χ3v) is 2.66. The first kappa shape index (κ1) is 13.1. The number of anilines is 1. The molecule has 0 radical (unpaired) electrons. The molecule has 0 spiro atoms. The number of pyridine rings is 1. The van der Waals surface area contributed by atoms with Crippen molar-refractivity contribution in [3.05, 3.63) is 42.2 Å². The maximum Gasteiger partial charge on any atom is 0.226 e. The fourth-order valence-electron chi connectivity index (χ4n) is 1.69. The summed E-state index contributed by atoms with van der Waals surface area (Å²) >= 11 is 0. The van der Waals surface area contributed by atoms with Crippen molar-refractivity contribution in [3.8, 4) is 0 Å². The lowest BCUT2D eigenvalue weighted by atomic mass is 10.2. The Morgan fingerprint density at radius 3 is 2.95 bits per heavy atom. The molecule has 1 amide bonds. The largest absolute Gasteiger partial charge is 0.397 e. The number of nitrogen functional groups attached to an aromatic ring is 1. The smallest absolute Gasteiger partial charge is 0.226 e. The average molecular weight is 259 g/mol. The van der Waals surface area contributed by atoms with Gasteiger partial charge < -0.3 is 16.0 Å². The fourth-order valence-corrected chi connectivity index (χ4v) is 1.69. The number of hydrogen-bond donors (Lipinski definition) is 3. The number of carbonyl (C=O) groups is 1. The number of amides is 1. The molecule has 0 aromatic carbocycles. The minimum absolute atomic E-state index is 0.0308. The quantitative estimate of drug-likeness (QED) is 0.664. The van der Waals surface area contributed by atoms with Gasteiger partial charge in [-0.25, -0.2) is 4.98 Å². The molecule has 2 aromatic rings. The van der Waals surface area contributed by atoms with Crippen molar-refractivity contribution in [1.82, 2.24) is 20.3 Å². The molecule has 0 aliphatic heterocycles. The molecule has 0 saturated carbocycles. The Labute approximate surface area is 111 Å². The van der Waals surface area contributed by atoms with Gasteiger partial charge in [-0.1, -0.05) is 0 Å². The van der Waals surface area contributed by atoms with Crippen LogP contribution in [-0.2, 0) is 17.6 Å². The van der Waals surface area contributed by atoms with Crippen molar-refractivity contribution in [2.45, 2.75) is 19.3 Å². The molecule has 0 saturated heterocycles. The molecule has 0 fully saturated rings. The van der Waals surface area contributed by atoms with Gasteiger partial charge in [0, 0.05) is 31.1 Å². The van der Waals surface area contributed by atoms with Crippen molar-refractivity contribution in [2.24, 2.45) is 0 Å². The van der Waals surface area contributed by atoms with Gasteiger partial charge in [0.25, 0.3) is 0 Å². The van der Waals surface area contributed by atoms with Crippen molar-refractivity contribution in [2.75, 3.05) is 12.3 Å². The summed E-state index contributed by atoms with van der Waals surface area (Å²) < 4.78 is 0. The van der Waals surface area contributed by atoms with Gasteiger partial charge in [0.15, 0.2) is 0 Å². The molecule has 4 N–H and O–H groups in total. The Morgan fingerprint density at radius 2 is 2.26 bits per heavy atom. The zero-order valence-corrected chi connectivity index (χ0v) is 10.6. The molecule has 0 aliphatic rings. The number of imidazole rings is 1. The van der Waals surface area contributed by atoms with Crippen LogP contribution >= 0.6 is 0 Å². The minimum atomic E-state index is -0.0308. The molecule has 2 rings (SSSR count). The van der Waals surface area contributed by atoms with E-state index in [0.717, 1.165) is 24.4 Å². The van der Waals surface area contributed by atoms with E-state index >= 15 is 0 Å². The molecular weight excluding hydrogens is 242 g/mol. The summed E-state index contributed by atoms with van der Waals surface area (Å²) in [4.78, 5) is 22.9. The van der Waals surface area contributed by atoms with Crippen LogP contribution in [0.5, 0.6) is 0 Å². The van der Waals surface area contributed by atoms with E-state index in [1.54, 1.807) is 30.7 Å². The van der Waals surface area contributed by atoms with Gasteiger partial charge in [-0.3, -0.25) is 9.78 Å². The van der Waals surface area contributed by atoms with E-state index in [-0.39, 0.29) is 12.3 Å². The highest BCUT2D eigenvalue weighted by atomic mass is 16.1. The van der Waals surface area contributed by atoms with Crippen LogP contribution in [0.15, 0.2) is 30.7 Å². The summed E-state index contributed by atoms with van der Waals surface area (Å²) in [5.74, 6) is 0.908. The van der Waals surface area contributed by atoms with Crippen LogP contribution < -0.4 is 11.1 Å². The number of carbonyl (C=O) groups excluding carboxylic acids is 1. The van der Waals surface area contributed by atoms with Crippen LogP contribution in [0.4, 0.5) is 5.69 Å². The number of H-pyrrole nitrogens is 1. The van der Waals surface area contributed by atoms with Crippen LogP contribution in [0.1, 0.15) is 17.9 Å². The highest BCUT2D eigenvalue weighted by Gasteiger charge is 2.04. The van der Waals surface area contributed by atoms with Crippen LogP contribution in [0.3, 0.4) is 0 Å². The van der Waals surface area contributed by atoms with Gasteiger partial charge in [0.1, 0.15) is 5.82 Å². The number of nitrogens with two attached hydrogens (primary N) is 1. The number of aryl methyl sites for hydroxylation is 1. The standard InChI is InChI=1S/C13H17N5O/c14-10-3-4-11(18-9-10)8-13(19)17-5-1-2-12-15-6-7-16-12/h3-4,6-7,9H,1-2,5,8,14H2,(H,15,16)(H,17,19). The van der Waals surface area contributed by atoms with Gasteiger partial charge in [-0.2, -0.15) is 0 Å². The maximum atomic E-state index is 11.7. The topological polar surface area (TPSA) is 96.7 Å². The summed E-state index contributed by atoms with van der Waals surface area (Å²) in [6.07, 6.45) is 7.03. The van der Waals surface area contributed by atoms with Gasteiger partial charge in [-0.15, -0.1) is 0 Å². The molecule has 2 aromatic heterocycles. The lowest BCUT2D eigenvalue weighted by Gasteiger charge is -2.04. The SMILES string of the molecule is Nc1ccc(CC(=O)NCCCc2ncc[nH]2)nc1. The van der Waals surface area contributed by atoms with E-state index in [0.29, 0.717) is 12.2 Å². The van der Waals surface area contributed by atoms with Gasteiger partial charge in [0.05, 0.1) is 18.3 Å². The molecule has 19 heavy (non-hydrogen) atoms. The normalized spacial score (nSPS) is 10.3. The molecule has 2 heterocycles. The third-order valence-electron chi connectivity index (χ3n) is 2.66. The number of nitrogens with zero attached hydrogens (tertiary/aromatic N) is 2. The predicted octanol–water partition coefficient (Wildman–Crippen LogP) is 0.678. The number of aromatic nitrogens is 3. The van der Waals surface area contributed by atoms with Crippen molar-refractivity contribution in [1.29, 1.82) is 0 Å². The average Bonchev–Trinajstić information content (AvgIpc) is 2.91. The van der Waals surface area contributed by atoms with E-state index in [2.05, 4.69) is 20.3 Å². The zero-order valence-electron chi connectivity index (χ0n) is 10.6. The Balaban J connectivity index is 1.65. The Kier molecular flexibility index (Phi) is 4.49. The van der Waals surface area contributed by atoms with Gasteiger partial charge in [-0.05, 0) is 18.6 Å². The van der Waals surface area contributed by atoms with E-state index in [9.17, 15) is 4.79 Å². The van der Waals surface area contributed by atoms with Crippen LogP contribution in [0, 0.1) is 0 Å². The number of nitrogens with one attached hydrogen (secondary N) is 2. The van der Waals surface area contributed by atoms with E-state index < -0.39 is 0 Å². The molecule has 6 nitrogen and oxygen atoms in total. The molecule has 0 aliphatic carbocycles. The zero-order chi connectivity index (χ0) is 13.5. The lowest BCUT2D eigenvalue weighted by Crippen LogP contribution is -2.26. The van der Waals surface area contributed by atoms with E-state index in [1.165, 1.54) is 0 Å². The summed E-state index contributed by atoms with van der Waals surface area (Å²) in [5.41, 5.74) is 6.85. The highest BCUT2D eigenvalue weighted by Crippen LogP contribution is 2.01. The monoisotopic (exact) mass is 259 g/mol. The van der Waals surface area contributed by atoms with Crippen molar-refractivity contribution >= 4 is 11.6 Å². The fraction of sp³-hybridized carbons (Fsp3) is 0.308. The third kappa shape index (κ3) is 4.42. The second-order valence-corrected chi connectivity index (χ2v) is 4.25. The number of rotatable bonds is 6. The summed E-state index contributed by atoms with van der Waals surface area (Å²) in [5, 5.41) is 2.86. The van der Waals surface area contributed by atoms with Crippen LogP contribution in [0.25, 0.3) is 0 Å². The molecule has 0 bridgehead atoms. The molecule has 6 heteroatoms. The second kappa shape index (κ2) is 6.53. The Hall–Kier alpha value is -2.37. The van der Waals surface area contributed by atoms with E-state index in [1.807, 2.05) is 0 Å². The molecule has 0 atom stereocenters. The Morgan fingerprint density at radius 1 is 1.37 bits per heavy atom. The first-order chi connectivity index (χ1) is 9.24. The summed E-state index contributed by atoms with van der Waals surface area (Å²) in [7, 11) is 0. The van der Waals surface area contributed by atoms with Crippen LogP contribution in [-0.4, -0.2) is 27.4 Å². The van der Waals surface area contributed by atoms with Crippen molar-refractivity contribution < 1.29 is 4.79 Å². The summed E-state index contributed by atoms with van der Waals surface area (Å²) in [6.45, 7) is 0.633. The summed E-state index contributed by atoms with van der Waals surface area (Å²) in [6, 6.07) is 3.50. The predicted molar refractivity (Wildman–Crippen MR) is 72.3 cm³/mol. The number of hydrogen-bond acceptors (Lipinski definition) is 4. The van der Waals surface area contributed by atoms with Gasteiger partial charge in [0.2, 0.25) is 5.91 Å². The van der Waals surface area contributed by atoms with Crippen molar-refractivity contribution in [3.63, 3.8) is 0 Å². The Bertz CT molecular complexity index is 506. The molecular formula is C13H17N5O.